The molecule has 2 heteroatoms. The van der Waals surface area contributed by atoms with Crippen molar-refractivity contribution in [1.82, 2.24) is 5.32 Å². The highest BCUT2D eigenvalue weighted by Gasteiger charge is 2.14. The summed E-state index contributed by atoms with van der Waals surface area (Å²) >= 11 is 3.65. The maximum Gasteiger partial charge on any atom is 0.0576 e. The Balaban J connectivity index is 2.41. The Morgan fingerprint density at radius 1 is 1.00 bits per heavy atom. The van der Waals surface area contributed by atoms with E-state index in [9.17, 15) is 0 Å². The van der Waals surface area contributed by atoms with Crippen molar-refractivity contribution < 1.29 is 0 Å². The molecule has 0 aromatic heterocycles. The monoisotopic (exact) mass is 331 g/mol. The minimum atomic E-state index is 0.265. The summed E-state index contributed by atoms with van der Waals surface area (Å²) in [6.45, 7) is 7.53. The third-order valence-corrected chi connectivity index (χ3v) is 4.77. The zero-order chi connectivity index (χ0) is 14.5. The molecule has 2 aromatic rings. The van der Waals surface area contributed by atoms with Gasteiger partial charge in [-0.1, -0.05) is 65.3 Å². The van der Waals surface area contributed by atoms with Crippen LogP contribution in [0, 0.1) is 13.8 Å². The molecule has 0 saturated carbocycles. The molecule has 2 rings (SSSR count). The van der Waals surface area contributed by atoms with E-state index in [0.29, 0.717) is 0 Å². The van der Waals surface area contributed by atoms with Crippen molar-refractivity contribution in [1.29, 1.82) is 0 Å². The molecule has 0 aliphatic carbocycles. The van der Waals surface area contributed by atoms with Crippen molar-refractivity contribution in [2.75, 3.05) is 6.54 Å². The number of halogens is 1. The Labute approximate surface area is 130 Å². The maximum absolute atomic E-state index is 3.66. The van der Waals surface area contributed by atoms with Crippen LogP contribution in [0.25, 0.3) is 0 Å². The maximum atomic E-state index is 3.66. The molecule has 2 aromatic carbocycles. The van der Waals surface area contributed by atoms with Gasteiger partial charge < -0.3 is 5.32 Å². The number of benzene rings is 2. The van der Waals surface area contributed by atoms with Crippen LogP contribution in [0.1, 0.15) is 41.6 Å². The van der Waals surface area contributed by atoms with E-state index in [0.717, 1.165) is 13.0 Å². The Morgan fingerprint density at radius 2 is 1.60 bits per heavy atom. The fourth-order valence-electron chi connectivity index (χ4n) is 2.51. The molecule has 1 nitrogen and oxygen atoms in total. The highest BCUT2D eigenvalue weighted by molar-refractivity contribution is 9.10. The lowest BCUT2D eigenvalue weighted by molar-refractivity contribution is 0.598. The Bertz CT molecular complexity index is 540. The second kappa shape index (κ2) is 7.05. The van der Waals surface area contributed by atoms with E-state index < -0.39 is 0 Å². The molecule has 0 fully saturated rings. The van der Waals surface area contributed by atoms with Gasteiger partial charge in [-0.25, -0.2) is 0 Å². The molecule has 0 spiro atoms. The zero-order valence-corrected chi connectivity index (χ0v) is 14.0. The average Bonchev–Trinajstić information content (AvgIpc) is 2.46. The first kappa shape index (κ1) is 15.3. The molecule has 0 heterocycles. The van der Waals surface area contributed by atoms with Gasteiger partial charge in [0, 0.05) is 4.47 Å². The van der Waals surface area contributed by atoms with Crippen LogP contribution in [0.5, 0.6) is 0 Å². The van der Waals surface area contributed by atoms with Crippen LogP contribution in [0.2, 0.25) is 0 Å². The van der Waals surface area contributed by atoms with Crippen molar-refractivity contribution in [2.45, 2.75) is 33.2 Å². The molecule has 20 heavy (non-hydrogen) atoms. The molecule has 1 unspecified atom stereocenters. The second-order valence-electron chi connectivity index (χ2n) is 5.27. The Morgan fingerprint density at radius 3 is 2.15 bits per heavy atom. The van der Waals surface area contributed by atoms with Gasteiger partial charge in [0.15, 0.2) is 0 Å². The summed E-state index contributed by atoms with van der Waals surface area (Å²) in [5.41, 5.74) is 5.24. The van der Waals surface area contributed by atoms with Crippen LogP contribution in [-0.4, -0.2) is 6.54 Å². The summed E-state index contributed by atoms with van der Waals surface area (Å²) in [4.78, 5) is 0. The van der Waals surface area contributed by atoms with E-state index in [1.807, 2.05) is 0 Å². The van der Waals surface area contributed by atoms with Gasteiger partial charge in [-0.05, 0) is 49.1 Å². The van der Waals surface area contributed by atoms with Gasteiger partial charge in [-0.15, -0.1) is 0 Å². The number of hydrogen-bond acceptors (Lipinski definition) is 1. The van der Waals surface area contributed by atoms with E-state index in [1.165, 1.54) is 26.7 Å². The molecule has 0 radical (unpaired) electrons. The van der Waals surface area contributed by atoms with E-state index in [-0.39, 0.29) is 6.04 Å². The van der Waals surface area contributed by atoms with Gasteiger partial charge in [0.05, 0.1) is 6.04 Å². The SMILES string of the molecule is CCCNC(c1ccccc1)c1cc(C)c(Br)c(C)c1. The average molecular weight is 332 g/mol. The molecule has 0 amide bonds. The quantitative estimate of drug-likeness (QED) is 0.798. The molecular formula is C18H22BrN. The minimum Gasteiger partial charge on any atom is -0.306 e. The Kier molecular flexibility index (Phi) is 5.38. The highest BCUT2D eigenvalue weighted by Crippen LogP contribution is 2.28. The van der Waals surface area contributed by atoms with Crippen LogP contribution in [-0.2, 0) is 0 Å². The summed E-state index contributed by atoms with van der Waals surface area (Å²) < 4.78 is 1.21. The first-order chi connectivity index (χ1) is 9.63. The van der Waals surface area contributed by atoms with Crippen molar-refractivity contribution in [2.24, 2.45) is 0 Å². The second-order valence-corrected chi connectivity index (χ2v) is 6.06. The normalized spacial score (nSPS) is 12.4. The predicted octanol–water partition coefficient (Wildman–Crippen LogP) is 5.15. The van der Waals surface area contributed by atoms with Crippen molar-refractivity contribution >= 4 is 15.9 Å². The third kappa shape index (κ3) is 3.50. The molecule has 1 N–H and O–H groups in total. The molecule has 0 aliphatic heterocycles. The van der Waals surface area contributed by atoms with Crippen LogP contribution >= 0.6 is 15.9 Å². The Hall–Kier alpha value is -1.12. The van der Waals surface area contributed by atoms with Crippen LogP contribution < -0.4 is 5.32 Å². The molecular weight excluding hydrogens is 310 g/mol. The highest BCUT2D eigenvalue weighted by atomic mass is 79.9. The summed E-state index contributed by atoms with van der Waals surface area (Å²) in [5.74, 6) is 0. The van der Waals surface area contributed by atoms with Gasteiger partial charge >= 0.3 is 0 Å². The number of hydrogen-bond donors (Lipinski definition) is 1. The summed E-state index contributed by atoms with van der Waals surface area (Å²) in [6, 6.07) is 15.5. The smallest absolute Gasteiger partial charge is 0.0576 e. The van der Waals surface area contributed by atoms with Crippen LogP contribution in [0.15, 0.2) is 46.9 Å². The van der Waals surface area contributed by atoms with Gasteiger partial charge in [-0.3, -0.25) is 0 Å². The lowest BCUT2D eigenvalue weighted by Gasteiger charge is -2.21. The lowest BCUT2D eigenvalue weighted by atomic mass is 9.95. The fraction of sp³-hybridized carbons (Fsp3) is 0.333. The minimum absolute atomic E-state index is 0.265. The van der Waals surface area contributed by atoms with E-state index in [2.05, 4.69) is 84.5 Å². The lowest BCUT2D eigenvalue weighted by Crippen LogP contribution is -2.23. The van der Waals surface area contributed by atoms with Crippen molar-refractivity contribution in [3.63, 3.8) is 0 Å². The number of nitrogens with one attached hydrogen (secondary N) is 1. The van der Waals surface area contributed by atoms with Gasteiger partial charge in [-0.2, -0.15) is 0 Å². The zero-order valence-electron chi connectivity index (χ0n) is 12.4. The van der Waals surface area contributed by atoms with E-state index >= 15 is 0 Å². The third-order valence-electron chi connectivity index (χ3n) is 3.52. The summed E-state index contributed by atoms with van der Waals surface area (Å²) in [5, 5.41) is 3.66. The molecule has 0 bridgehead atoms. The van der Waals surface area contributed by atoms with Crippen molar-refractivity contribution in [3.8, 4) is 0 Å². The predicted molar refractivity (Wildman–Crippen MR) is 90.2 cm³/mol. The largest absolute Gasteiger partial charge is 0.306 e. The van der Waals surface area contributed by atoms with E-state index in [1.54, 1.807) is 0 Å². The standard InChI is InChI=1S/C18H22BrN/c1-4-10-20-18(15-8-6-5-7-9-15)16-11-13(2)17(19)14(3)12-16/h5-9,11-12,18,20H,4,10H2,1-3H3. The van der Waals surface area contributed by atoms with Gasteiger partial charge in [0.25, 0.3) is 0 Å². The first-order valence-corrected chi connectivity index (χ1v) is 7.97. The van der Waals surface area contributed by atoms with Gasteiger partial charge in [0.1, 0.15) is 0 Å². The fourth-order valence-corrected chi connectivity index (χ4v) is 2.74. The molecule has 1 atom stereocenters. The summed E-state index contributed by atoms with van der Waals surface area (Å²) in [6.07, 6.45) is 1.14. The summed E-state index contributed by atoms with van der Waals surface area (Å²) in [7, 11) is 0. The molecule has 106 valence electrons. The van der Waals surface area contributed by atoms with Crippen LogP contribution in [0.3, 0.4) is 0 Å². The first-order valence-electron chi connectivity index (χ1n) is 7.18. The molecule has 0 aliphatic rings. The number of rotatable bonds is 5. The van der Waals surface area contributed by atoms with Crippen molar-refractivity contribution in [3.05, 3.63) is 69.2 Å². The van der Waals surface area contributed by atoms with E-state index in [4.69, 9.17) is 0 Å². The number of aryl methyl sites for hydroxylation is 2. The topological polar surface area (TPSA) is 12.0 Å². The van der Waals surface area contributed by atoms with Gasteiger partial charge in [0.2, 0.25) is 0 Å². The van der Waals surface area contributed by atoms with Crippen LogP contribution in [0.4, 0.5) is 0 Å². The molecule has 0 saturated heterocycles.